The molecule has 2 aliphatic rings. The maximum Gasteiger partial charge on any atom is 0.0900 e. The zero-order valence-corrected chi connectivity index (χ0v) is 13.9. The minimum atomic E-state index is 0.471. The third-order valence-corrected chi connectivity index (χ3v) is 6.04. The summed E-state index contributed by atoms with van der Waals surface area (Å²) in [4.78, 5) is 8.86. The standard InChI is InChI=1S/C16H27N3S/c1-12(15-13(2)20-14(3)18-15)19-9-5-7-16(11-19)6-4-8-17-10-16/h12,17H,4-11H2,1-3H3. The van der Waals surface area contributed by atoms with Crippen LogP contribution in [0, 0.1) is 19.3 Å². The van der Waals surface area contributed by atoms with Gasteiger partial charge in [-0.25, -0.2) is 4.98 Å². The fourth-order valence-corrected chi connectivity index (χ4v) is 4.97. The number of nitrogens with zero attached hydrogens (tertiary/aromatic N) is 2. The highest BCUT2D eigenvalue weighted by atomic mass is 32.1. The van der Waals surface area contributed by atoms with Crippen LogP contribution in [0.1, 0.15) is 54.2 Å². The molecule has 3 rings (SSSR count). The smallest absolute Gasteiger partial charge is 0.0900 e. The molecule has 0 saturated carbocycles. The Labute approximate surface area is 126 Å². The zero-order chi connectivity index (χ0) is 14.2. The van der Waals surface area contributed by atoms with Crippen molar-refractivity contribution < 1.29 is 0 Å². The topological polar surface area (TPSA) is 28.2 Å². The summed E-state index contributed by atoms with van der Waals surface area (Å²) >= 11 is 1.84. The lowest BCUT2D eigenvalue weighted by molar-refractivity contribution is 0.0405. The van der Waals surface area contributed by atoms with Gasteiger partial charge in [-0.05, 0) is 65.0 Å². The molecule has 1 aromatic heterocycles. The van der Waals surface area contributed by atoms with Crippen molar-refractivity contribution in [3.05, 3.63) is 15.6 Å². The van der Waals surface area contributed by atoms with Crippen LogP contribution in [-0.4, -0.2) is 36.1 Å². The summed E-state index contributed by atoms with van der Waals surface area (Å²) in [6.45, 7) is 11.6. The van der Waals surface area contributed by atoms with E-state index >= 15 is 0 Å². The highest BCUT2D eigenvalue weighted by molar-refractivity contribution is 7.11. The highest BCUT2D eigenvalue weighted by Gasteiger charge is 2.38. The minimum absolute atomic E-state index is 0.471. The molecule has 2 aliphatic heterocycles. The Balaban J connectivity index is 1.74. The quantitative estimate of drug-likeness (QED) is 0.907. The Morgan fingerprint density at radius 1 is 1.30 bits per heavy atom. The van der Waals surface area contributed by atoms with Gasteiger partial charge in [-0.15, -0.1) is 11.3 Å². The summed E-state index contributed by atoms with van der Waals surface area (Å²) < 4.78 is 0. The molecule has 0 radical (unpaired) electrons. The van der Waals surface area contributed by atoms with E-state index in [2.05, 4.69) is 31.0 Å². The predicted octanol–water partition coefficient (Wildman–Crippen LogP) is 3.29. The van der Waals surface area contributed by atoms with Gasteiger partial charge in [0.2, 0.25) is 0 Å². The van der Waals surface area contributed by atoms with Crippen LogP contribution in [0.15, 0.2) is 0 Å². The number of aromatic nitrogens is 1. The van der Waals surface area contributed by atoms with E-state index in [4.69, 9.17) is 4.98 Å². The third-order valence-electron chi connectivity index (χ3n) is 5.13. The Bertz CT molecular complexity index is 457. The second-order valence-corrected chi connectivity index (χ2v) is 8.11. The number of hydrogen-bond donors (Lipinski definition) is 1. The Kier molecular flexibility index (Phi) is 4.16. The minimum Gasteiger partial charge on any atom is -0.316 e. The maximum absolute atomic E-state index is 4.78. The molecular weight excluding hydrogens is 266 g/mol. The molecule has 1 aromatic rings. The summed E-state index contributed by atoms with van der Waals surface area (Å²) in [5.41, 5.74) is 1.84. The summed E-state index contributed by atoms with van der Waals surface area (Å²) in [6, 6.07) is 0.471. The lowest BCUT2D eigenvalue weighted by atomic mass is 9.74. The molecule has 0 aromatic carbocycles. The summed E-state index contributed by atoms with van der Waals surface area (Å²) in [5.74, 6) is 0. The number of piperidine rings is 2. The van der Waals surface area contributed by atoms with Gasteiger partial charge in [-0.1, -0.05) is 0 Å². The van der Waals surface area contributed by atoms with Crippen molar-refractivity contribution in [2.75, 3.05) is 26.2 Å². The molecule has 2 unspecified atom stereocenters. The van der Waals surface area contributed by atoms with Crippen molar-refractivity contribution in [2.45, 2.75) is 52.5 Å². The second kappa shape index (κ2) is 5.74. The van der Waals surface area contributed by atoms with Gasteiger partial charge in [0.1, 0.15) is 0 Å². The van der Waals surface area contributed by atoms with Gasteiger partial charge >= 0.3 is 0 Å². The van der Waals surface area contributed by atoms with E-state index in [0.717, 1.165) is 0 Å². The molecule has 1 N–H and O–H groups in total. The molecule has 2 fully saturated rings. The van der Waals surface area contributed by atoms with E-state index < -0.39 is 0 Å². The van der Waals surface area contributed by atoms with Crippen LogP contribution in [-0.2, 0) is 0 Å². The van der Waals surface area contributed by atoms with Crippen LogP contribution in [0.5, 0.6) is 0 Å². The van der Waals surface area contributed by atoms with Gasteiger partial charge in [-0.3, -0.25) is 4.90 Å². The second-order valence-electron chi connectivity index (χ2n) is 6.70. The average Bonchev–Trinajstić information content (AvgIpc) is 2.78. The number of rotatable bonds is 2. The number of hydrogen-bond acceptors (Lipinski definition) is 4. The summed E-state index contributed by atoms with van der Waals surface area (Å²) in [6.07, 6.45) is 5.49. The van der Waals surface area contributed by atoms with E-state index in [9.17, 15) is 0 Å². The first kappa shape index (κ1) is 14.5. The van der Waals surface area contributed by atoms with E-state index in [0.29, 0.717) is 11.5 Å². The Morgan fingerprint density at radius 3 is 2.75 bits per heavy atom. The molecule has 20 heavy (non-hydrogen) atoms. The van der Waals surface area contributed by atoms with Crippen LogP contribution < -0.4 is 5.32 Å². The third kappa shape index (κ3) is 2.78. The molecule has 1 spiro atoms. The molecule has 3 heterocycles. The molecule has 0 aliphatic carbocycles. The molecule has 2 atom stereocenters. The van der Waals surface area contributed by atoms with E-state index in [1.54, 1.807) is 0 Å². The van der Waals surface area contributed by atoms with E-state index in [-0.39, 0.29) is 0 Å². The molecule has 4 heteroatoms. The van der Waals surface area contributed by atoms with Gasteiger partial charge in [-0.2, -0.15) is 0 Å². The van der Waals surface area contributed by atoms with Crippen molar-refractivity contribution in [1.29, 1.82) is 0 Å². The van der Waals surface area contributed by atoms with Crippen molar-refractivity contribution in [3.63, 3.8) is 0 Å². The van der Waals surface area contributed by atoms with Crippen LogP contribution in [0.4, 0.5) is 0 Å². The van der Waals surface area contributed by atoms with Crippen molar-refractivity contribution >= 4 is 11.3 Å². The highest BCUT2D eigenvalue weighted by Crippen LogP contribution is 2.39. The lowest BCUT2D eigenvalue weighted by Gasteiger charge is -2.47. The Hall–Kier alpha value is -0.450. The number of nitrogens with one attached hydrogen (secondary N) is 1. The molecule has 0 bridgehead atoms. The number of aryl methyl sites for hydroxylation is 2. The molecule has 112 valence electrons. The van der Waals surface area contributed by atoms with Crippen molar-refractivity contribution in [1.82, 2.24) is 15.2 Å². The lowest BCUT2D eigenvalue weighted by Crippen LogP contribution is -2.51. The molecule has 2 saturated heterocycles. The number of thiazole rings is 1. The van der Waals surface area contributed by atoms with E-state index in [1.807, 2.05) is 11.3 Å². The van der Waals surface area contributed by atoms with Gasteiger partial charge in [0.15, 0.2) is 0 Å². The fourth-order valence-electron chi connectivity index (χ4n) is 4.06. The normalized spacial score (nSPS) is 29.8. The van der Waals surface area contributed by atoms with Gasteiger partial charge in [0, 0.05) is 18.0 Å². The molecular formula is C16H27N3S. The van der Waals surface area contributed by atoms with Crippen molar-refractivity contribution in [2.24, 2.45) is 5.41 Å². The van der Waals surface area contributed by atoms with Gasteiger partial charge in [0.25, 0.3) is 0 Å². The first-order valence-electron chi connectivity index (χ1n) is 7.98. The predicted molar refractivity (Wildman–Crippen MR) is 85.3 cm³/mol. The monoisotopic (exact) mass is 293 g/mol. The van der Waals surface area contributed by atoms with Gasteiger partial charge in [0.05, 0.1) is 16.7 Å². The van der Waals surface area contributed by atoms with Crippen LogP contribution in [0.3, 0.4) is 0 Å². The first-order valence-corrected chi connectivity index (χ1v) is 8.80. The SMILES string of the molecule is Cc1nc(C(C)N2CCCC3(CCCNC3)C2)c(C)s1. The van der Waals surface area contributed by atoms with Crippen molar-refractivity contribution in [3.8, 4) is 0 Å². The zero-order valence-electron chi connectivity index (χ0n) is 13.0. The van der Waals surface area contributed by atoms with Gasteiger partial charge < -0.3 is 5.32 Å². The van der Waals surface area contributed by atoms with Crippen LogP contribution in [0.2, 0.25) is 0 Å². The van der Waals surface area contributed by atoms with Crippen LogP contribution in [0.25, 0.3) is 0 Å². The van der Waals surface area contributed by atoms with E-state index in [1.165, 1.54) is 67.4 Å². The number of likely N-dealkylation sites (tertiary alicyclic amines) is 1. The summed E-state index contributed by atoms with van der Waals surface area (Å²) in [5, 5.41) is 4.82. The average molecular weight is 293 g/mol. The first-order chi connectivity index (χ1) is 9.60. The molecule has 0 amide bonds. The summed E-state index contributed by atoms with van der Waals surface area (Å²) in [7, 11) is 0. The largest absolute Gasteiger partial charge is 0.316 e. The Morgan fingerprint density at radius 2 is 2.10 bits per heavy atom. The van der Waals surface area contributed by atoms with Crippen LogP contribution >= 0.6 is 11.3 Å². The maximum atomic E-state index is 4.78. The fraction of sp³-hybridized carbons (Fsp3) is 0.812. The molecule has 3 nitrogen and oxygen atoms in total.